The van der Waals surface area contributed by atoms with Gasteiger partial charge >= 0.3 is 0 Å². The number of rotatable bonds is 5. The summed E-state index contributed by atoms with van der Waals surface area (Å²) >= 11 is 5.96. The summed E-state index contributed by atoms with van der Waals surface area (Å²) < 4.78 is 1.85. The molecule has 0 aliphatic rings. The van der Waals surface area contributed by atoms with Gasteiger partial charge in [0, 0.05) is 17.3 Å². The Hall–Kier alpha value is -2.92. The Labute approximate surface area is 163 Å². The zero-order valence-electron chi connectivity index (χ0n) is 15.3. The van der Waals surface area contributed by atoms with Crippen molar-refractivity contribution in [3.63, 3.8) is 0 Å². The fourth-order valence-corrected chi connectivity index (χ4v) is 3.20. The molecule has 0 fully saturated rings. The zero-order chi connectivity index (χ0) is 18.8. The molecule has 0 spiro atoms. The molecule has 136 valence electrons. The van der Waals surface area contributed by atoms with E-state index in [-0.39, 0.29) is 0 Å². The van der Waals surface area contributed by atoms with Crippen molar-refractivity contribution in [3.8, 4) is 5.82 Å². The van der Waals surface area contributed by atoms with E-state index >= 15 is 0 Å². The van der Waals surface area contributed by atoms with Crippen LogP contribution in [0.3, 0.4) is 0 Å². The first-order chi connectivity index (χ1) is 13.1. The molecule has 0 saturated heterocycles. The van der Waals surface area contributed by atoms with E-state index in [4.69, 9.17) is 21.6 Å². The molecule has 5 nitrogen and oxygen atoms in total. The van der Waals surface area contributed by atoms with Crippen LogP contribution in [-0.4, -0.2) is 26.3 Å². The molecule has 27 heavy (non-hydrogen) atoms. The molecule has 1 N–H and O–H groups in total. The Kier molecular flexibility index (Phi) is 4.77. The Bertz CT molecular complexity index is 1090. The van der Waals surface area contributed by atoms with Crippen LogP contribution in [0.2, 0.25) is 5.02 Å². The summed E-state index contributed by atoms with van der Waals surface area (Å²) in [6.45, 7) is 4.74. The van der Waals surface area contributed by atoms with E-state index in [0.29, 0.717) is 0 Å². The normalized spacial score (nSPS) is 11.1. The average Bonchev–Trinajstić information content (AvgIpc) is 3.00. The molecular weight excluding hydrogens is 358 g/mol. The minimum Gasteiger partial charge on any atom is -0.367 e. The Morgan fingerprint density at radius 1 is 0.963 bits per heavy atom. The Morgan fingerprint density at radius 2 is 1.67 bits per heavy atom. The highest BCUT2D eigenvalue weighted by molar-refractivity contribution is 6.30. The quantitative estimate of drug-likeness (QED) is 0.545. The van der Waals surface area contributed by atoms with E-state index in [1.807, 2.05) is 73.1 Å². The van der Waals surface area contributed by atoms with Crippen molar-refractivity contribution in [2.24, 2.45) is 0 Å². The smallest absolute Gasteiger partial charge is 0.197 e. The van der Waals surface area contributed by atoms with Gasteiger partial charge in [-0.25, -0.2) is 14.6 Å². The van der Waals surface area contributed by atoms with E-state index in [1.165, 1.54) is 5.56 Å². The molecule has 0 atom stereocenters. The maximum atomic E-state index is 5.96. The number of hydrogen-bond acceptors (Lipinski definition) is 4. The summed E-state index contributed by atoms with van der Waals surface area (Å²) in [7, 11) is 0. The molecule has 6 heteroatoms. The number of halogens is 1. The van der Waals surface area contributed by atoms with Crippen molar-refractivity contribution >= 4 is 28.5 Å². The van der Waals surface area contributed by atoms with E-state index in [9.17, 15) is 0 Å². The van der Waals surface area contributed by atoms with Crippen LogP contribution in [0.5, 0.6) is 0 Å². The van der Waals surface area contributed by atoms with Crippen molar-refractivity contribution in [1.29, 1.82) is 0 Å². The second-order valence-electron chi connectivity index (χ2n) is 6.53. The van der Waals surface area contributed by atoms with E-state index in [1.54, 1.807) is 0 Å². The van der Waals surface area contributed by atoms with E-state index in [0.717, 1.165) is 52.0 Å². The summed E-state index contributed by atoms with van der Waals surface area (Å²) in [5.74, 6) is 1.45. The predicted octanol–water partition coefficient (Wildman–Crippen LogP) is 4.74. The number of fused-ring (bicyclic) bond motifs is 1. The number of nitrogens with one attached hydrogen (secondary N) is 1. The van der Waals surface area contributed by atoms with Gasteiger partial charge in [-0.1, -0.05) is 35.9 Å². The predicted molar refractivity (Wildman–Crippen MR) is 110 cm³/mol. The van der Waals surface area contributed by atoms with Gasteiger partial charge < -0.3 is 5.32 Å². The van der Waals surface area contributed by atoms with Gasteiger partial charge in [0.2, 0.25) is 0 Å². The van der Waals surface area contributed by atoms with Gasteiger partial charge in [0.1, 0.15) is 0 Å². The number of anilines is 1. The fraction of sp³-hybridized carbons (Fsp3) is 0.190. The maximum absolute atomic E-state index is 5.96. The van der Waals surface area contributed by atoms with Gasteiger partial charge in [0.05, 0.1) is 16.7 Å². The van der Waals surface area contributed by atoms with Crippen molar-refractivity contribution in [2.75, 3.05) is 11.9 Å². The highest BCUT2D eigenvalue weighted by Crippen LogP contribution is 2.22. The van der Waals surface area contributed by atoms with Crippen LogP contribution in [-0.2, 0) is 6.42 Å². The van der Waals surface area contributed by atoms with Gasteiger partial charge in [0.15, 0.2) is 11.6 Å². The van der Waals surface area contributed by atoms with E-state index in [2.05, 4.69) is 10.4 Å². The fourth-order valence-electron chi connectivity index (χ4n) is 3.08. The number of nitrogens with zero attached hydrogens (tertiary/aromatic N) is 4. The van der Waals surface area contributed by atoms with Crippen molar-refractivity contribution in [3.05, 3.63) is 76.6 Å². The van der Waals surface area contributed by atoms with Gasteiger partial charge in [-0.2, -0.15) is 5.10 Å². The minimum absolute atomic E-state index is 0.718. The van der Waals surface area contributed by atoms with Crippen LogP contribution in [0, 0.1) is 13.8 Å². The average molecular weight is 378 g/mol. The van der Waals surface area contributed by atoms with Crippen molar-refractivity contribution in [2.45, 2.75) is 20.3 Å². The SMILES string of the molecule is Cc1cc(C)n(-c2nc3ccccc3nc2NCCc2ccc(Cl)cc2)n1. The molecule has 0 aliphatic heterocycles. The molecule has 0 amide bonds. The number of aryl methyl sites for hydroxylation is 2. The summed E-state index contributed by atoms with van der Waals surface area (Å²) in [5, 5.41) is 8.77. The number of aromatic nitrogens is 4. The maximum Gasteiger partial charge on any atom is 0.197 e. The topological polar surface area (TPSA) is 55.6 Å². The largest absolute Gasteiger partial charge is 0.367 e. The first-order valence-corrected chi connectivity index (χ1v) is 9.27. The third-order valence-electron chi connectivity index (χ3n) is 4.38. The third kappa shape index (κ3) is 3.78. The molecule has 0 radical (unpaired) electrons. The highest BCUT2D eigenvalue weighted by atomic mass is 35.5. The van der Waals surface area contributed by atoms with Gasteiger partial charge in [-0.15, -0.1) is 0 Å². The first-order valence-electron chi connectivity index (χ1n) is 8.89. The minimum atomic E-state index is 0.718. The first kappa shape index (κ1) is 17.5. The molecule has 4 aromatic rings. The molecular formula is C21H20ClN5. The van der Waals surface area contributed by atoms with Crippen LogP contribution in [0.4, 0.5) is 5.82 Å². The lowest BCUT2D eigenvalue weighted by Gasteiger charge is -2.13. The Morgan fingerprint density at radius 3 is 2.33 bits per heavy atom. The third-order valence-corrected chi connectivity index (χ3v) is 4.63. The van der Waals surface area contributed by atoms with Gasteiger partial charge in [-0.3, -0.25) is 0 Å². The second kappa shape index (κ2) is 7.37. The van der Waals surface area contributed by atoms with Crippen molar-refractivity contribution < 1.29 is 0 Å². The summed E-state index contributed by atoms with van der Waals surface area (Å²) in [6, 6.07) is 17.8. The summed E-state index contributed by atoms with van der Waals surface area (Å²) in [6.07, 6.45) is 0.863. The number of benzene rings is 2. The zero-order valence-corrected chi connectivity index (χ0v) is 16.0. The number of para-hydroxylation sites is 2. The van der Waals surface area contributed by atoms with Crippen LogP contribution in [0.25, 0.3) is 16.9 Å². The second-order valence-corrected chi connectivity index (χ2v) is 6.96. The Balaban J connectivity index is 1.66. The summed E-state index contributed by atoms with van der Waals surface area (Å²) in [5.41, 5.74) is 4.90. The van der Waals surface area contributed by atoms with Crippen LogP contribution >= 0.6 is 11.6 Å². The van der Waals surface area contributed by atoms with Gasteiger partial charge in [0.25, 0.3) is 0 Å². The summed E-state index contributed by atoms with van der Waals surface area (Å²) in [4.78, 5) is 9.61. The molecule has 2 aromatic carbocycles. The standard InChI is InChI=1S/C21H20ClN5/c1-14-13-15(2)27(26-14)21-20(24-18-5-3-4-6-19(18)25-21)23-12-11-16-7-9-17(22)10-8-16/h3-10,13H,11-12H2,1-2H3,(H,23,24). The lowest BCUT2D eigenvalue weighted by Crippen LogP contribution is -2.13. The molecule has 0 unspecified atom stereocenters. The van der Waals surface area contributed by atoms with Crippen molar-refractivity contribution in [1.82, 2.24) is 19.7 Å². The molecule has 4 rings (SSSR count). The lowest BCUT2D eigenvalue weighted by atomic mass is 10.1. The van der Waals surface area contributed by atoms with Gasteiger partial charge in [-0.05, 0) is 56.2 Å². The lowest BCUT2D eigenvalue weighted by molar-refractivity contribution is 0.805. The number of hydrogen-bond donors (Lipinski definition) is 1. The molecule has 2 aromatic heterocycles. The molecule has 0 bridgehead atoms. The highest BCUT2D eigenvalue weighted by Gasteiger charge is 2.14. The van der Waals surface area contributed by atoms with Crippen LogP contribution < -0.4 is 5.32 Å². The van der Waals surface area contributed by atoms with Crippen LogP contribution in [0.1, 0.15) is 17.0 Å². The van der Waals surface area contributed by atoms with Crippen LogP contribution in [0.15, 0.2) is 54.6 Å². The molecule has 2 heterocycles. The monoisotopic (exact) mass is 377 g/mol. The molecule has 0 saturated carbocycles. The molecule has 0 aliphatic carbocycles. The van der Waals surface area contributed by atoms with E-state index < -0.39 is 0 Å².